The molecular weight excluding hydrogens is 611 g/mol. The van der Waals surface area contributed by atoms with E-state index in [1.807, 2.05) is 0 Å². The summed E-state index contributed by atoms with van der Waals surface area (Å²) in [5.74, 6) is -0.165. The zero-order valence-electron chi connectivity index (χ0n) is 23.6. The lowest BCUT2D eigenvalue weighted by atomic mass is 9.82. The van der Waals surface area contributed by atoms with Crippen molar-refractivity contribution in [3.8, 4) is 0 Å². The summed E-state index contributed by atoms with van der Waals surface area (Å²) in [5, 5.41) is 0. The molecule has 0 bridgehead atoms. The van der Waals surface area contributed by atoms with Gasteiger partial charge in [-0.25, -0.2) is 9.59 Å². The number of rotatable bonds is 5. The number of nitrogens with zero attached hydrogens (tertiary/aromatic N) is 2. The van der Waals surface area contributed by atoms with Crippen LogP contribution in [0.5, 0.6) is 0 Å². The highest BCUT2D eigenvalue weighted by Crippen LogP contribution is 2.48. The maximum Gasteiger partial charge on any atom is 0.416 e. The van der Waals surface area contributed by atoms with Gasteiger partial charge in [-0.15, -0.1) is 0 Å². The van der Waals surface area contributed by atoms with E-state index in [2.05, 4.69) is 0 Å². The van der Waals surface area contributed by atoms with E-state index in [0.29, 0.717) is 25.0 Å². The third kappa shape index (κ3) is 7.01. The van der Waals surface area contributed by atoms with Gasteiger partial charge in [0.2, 0.25) is 0 Å². The van der Waals surface area contributed by atoms with Crippen LogP contribution in [-0.2, 0) is 34.5 Å². The van der Waals surface area contributed by atoms with Crippen molar-refractivity contribution in [2.45, 2.75) is 76.2 Å². The monoisotopic (exact) mass is 640 g/mol. The molecule has 242 valence electrons. The molecule has 4 rings (SSSR count). The lowest BCUT2D eigenvalue weighted by molar-refractivity contribution is -0.143. The number of carbonyl (C=O) groups excluding carboxylic acids is 2. The van der Waals surface area contributed by atoms with Gasteiger partial charge in [0.15, 0.2) is 0 Å². The molecule has 1 aliphatic heterocycles. The Bertz CT molecular complexity index is 1340. The third-order valence-electron chi connectivity index (χ3n) is 7.96. The van der Waals surface area contributed by atoms with E-state index in [0.717, 1.165) is 43.1 Å². The maximum absolute atomic E-state index is 13.8. The first kappa shape index (κ1) is 33.2. The van der Waals surface area contributed by atoms with Gasteiger partial charge in [-0.1, -0.05) is 12.8 Å². The first-order valence-electron chi connectivity index (χ1n) is 13.8. The number of methoxy groups -OCH3 is 1. The highest BCUT2D eigenvalue weighted by molar-refractivity contribution is 5.90. The molecule has 0 spiro atoms. The Hall–Kier alpha value is -3.65. The lowest BCUT2D eigenvalue weighted by Gasteiger charge is -2.46. The molecule has 2 unspecified atom stereocenters. The summed E-state index contributed by atoms with van der Waals surface area (Å²) in [6, 6.07) is 1.34. The normalized spacial score (nSPS) is 19.5. The molecule has 0 saturated heterocycles. The molecule has 1 heterocycles. The third-order valence-corrected chi connectivity index (χ3v) is 7.96. The van der Waals surface area contributed by atoms with E-state index < -0.39 is 71.6 Å². The number of ether oxygens (including phenoxy) is 2. The number of hydrogen-bond donors (Lipinski definition) is 0. The van der Waals surface area contributed by atoms with Crippen LogP contribution in [0.15, 0.2) is 36.4 Å². The van der Waals surface area contributed by atoms with Gasteiger partial charge in [0.1, 0.15) is 0 Å². The van der Waals surface area contributed by atoms with Gasteiger partial charge in [0.05, 0.1) is 42.1 Å². The fourth-order valence-electron chi connectivity index (χ4n) is 6.05. The number of anilines is 1. The second-order valence-electron chi connectivity index (χ2n) is 10.7. The van der Waals surface area contributed by atoms with Gasteiger partial charge in [-0.05, 0) is 79.6 Å². The molecule has 1 fully saturated rings. The van der Waals surface area contributed by atoms with Gasteiger partial charge in [-0.2, -0.15) is 39.5 Å². The minimum atomic E-state index is -5.17. The highest BCUT2D eigenvalue weighted by atomic mass is 19.4. The summed E-state index contributed by atoms with van der Waals surface area (Å²) in [6.45, 7) is 0.639. The number of benzene rings is 2. The highest BCUT2D eigenvalue weighted by Gasteiger charge is 2.46. The Morgan fingerprint density at radius 3 is 1.93 bits per heavy atom. The fourth-order valence-corrected chi connectivity index (χ4v) is 6.05. The quantitative estimate of drug-likeness (QED) is 0.306. The Kier molecular flexibility index (Phi) is 9.36. The van der Waals surface area contributed by atoms with Gasteiger partial charge in [0, 0.05) is 12.6 Å². The molecule has 2 amide bonds. The van der Waals surface area contributed by atoms with Gasteiger partial charge >= 0.3 is 30.7 Å². The molecule has 1 saturated carbocycles. The zero-order valence-corrected chi connectivity index (χ0v) is 23.6. The summed E-state index contributed by atoms with van der Waals surface area (Å²) in [4.78, 5) is 28.4. The molecule has 2 atom stereocenters. The predicted octanol–water partition coefficient (Wildman–Crippen LogP) is 8.98. The van der Waals surface area contributed by atoms with Crippen LogP contribution in [0.3, 0.4) is 0 Å². The number of amides is 2. The van der Waals surface area contributed by atoms with E-state index >= 15 is 0 Å². The second-order valence-corrected chi connectivity index (χ2v) is 10.7. The molecule has 6 nitrogen and oxygen atoms in total. The van der Waals surface area contributed by atoms with Crippen molar-refractivity contribution in [2.75, 3.05) is 18.6 Å². The largest absolute Gasteiger partial charge is 0.453 e. The topological polar surface area (TPSA) is 59.1 Å². The summed E-state index contributed by atoms with van der Waals surface area (Å²) >= 11 is 0. The molecule has 0 radical (unpaired) electrons. The van der Waals surface area contributed by atoms with Crippen molar-refractivity contribution in [3.05, 3.63) is 64.2 Å². The van der Waals surface area contributed by atoms with Gasteiger partial charge in [-0.3, -0.25) is 9.80 Å². The fraction of sp³-hybridized carbons (Fsp3) is 0.517. The Morgan fingerprint density at radius 2 is 1.43 bits per heavy atom. The van der Waals surface area contributed by atoms with Crippen molar-refractivity contribution < 1.29 is 58.6 Å². The lowest BCUT2D eigenvalue weighted by Crippen LogP contribution is -2.51. The van der Waals surface area contributed by atoms with Gasteiger partial charge in [0.25, 0.3) is 0 Å². The Morgan fingerprint density at radius 1 is 0.864 bits per heavy atom. The second kappa shape index (κ2) is 12.4. The standard InChI is InChI=1S/C29H29F9N2O4/c1-3-44-26(42)40-22-9-8-18(27(30,31)32)13-21(22)24(14-23(40)17-6-4-5-7-17)39(25(41)43-2)15-16-10-19(28(33,34)35)12-20(11-16)29(36,37)38/h8-13,17,23-24H,3-7,14-15H2,1-2H3. The summed E-state index contributed by atoms with van der Waals surface area (Å²) in [7, 11) is 0.928. The zero-order chi connectivity index (χ0) is 32.6. The molecular formula is C29H29F9N2O4. The van der Waals surface area contributed by atoms with Crippen LogP contribution in [-0.4, -0.2) is 36.8 Å². The van der Waals surface area contributed by atoms with Crippen LogP contribution in [0.1, 0.15) is 72.9 Å². The van der Waals surface area contributed by atoms with Crippen molar-refractivity contribution in [1.29, 1.82) is 0 Å². The molecule has 1 aliphatic carbocycles. The van der Waals surface area contributed by atoms with E-state index in [-0.39, 0.29) is 36.3 Å². The first-order valence-corrected chi connectivity index (χ1v) is 13.8. The van der Waals surface area contributed by atoms with Crippen molar-refractivity contribution in [2.24, 2.45) is 5.92 Å². The Labute approximate surface area is 246 Å². The molecule has 2 aromatic rings. The van der Waals surface area contributed by atoms with E-state index in [4.69, 9.17) is 9.47 Å². The summed E-state index contributed by atoms with van der Waals surface area (Å²) in [5.41, 5.74) is -5.14. The molecule has 0 N–H and O–H groups in total. The molecule has 15 heteroatoms. The number of carbonyl (C=O) groups is 2. The summed E-state index contributed by atoms with van der Waals surface area (Å²) in [6.07, 6.45) is -14.5. The Balaban J connectivity index is 1.91. The number of halogens is 9. The number of hydrogen-bond acceptors (Lipinski definition) is 4. The van der Waals surface area contributed by atoms with E-state index in [1.54, 1.807) is 6.92 Å². The van der Waals surface area contributed by atoms with Crippen LogP contribution >= 0.6 is 0 Å². The molecule has 44 heavy (non-hydrogen) atoms. The smallest absolute Gasteiger partial charge is 0.416 e. The van der Waals surface area contributed by atoms with Crippen LogP contribution in [0, 0.1) is 5.92 Å². The first-order chi connectivity index (χ1) is 20.5. The number of alkyl halides is 9. The van der Waals surface area contributed by atoms with E-state index in [9.17, 15) is 49.1 Å². The number of fused-ring (bicyclic) bond motifs is 1. The van der Waals surface area contributed by atoms with Crippen LogP contribution in [0.4, 0.5) is 54.8 Å². The summed E-state index contributed by atoms with van der Waals surface area (Å²) < 4.78 is 133. The molecule has 2 aliphatic rings. The predicted molar refractivity (Wildman–Crippen MR) is 138 cm³/mol. The minimum Gasteiger partial charge on any atom is -0.453 e. The van der Waals surface area contributed by atoms with E-state index in [1.165, 1.54) is 4.90 Å². The SMILES string of the molecule is CCOC(=O)N1c2ccc(C(F)(F)F)cc2C(N(Cc2cc(C(F)(F)F)cc(C(F)(F)F)c2)C(=O)OC)CC1C1CCCC1. The van der Waals surface area contributed by atoms with Crippen LogP contribution < -0.4 is 4.90 Å². The van der Waals surface area contributed by atoms with Crippen molar-refractivity contribution in [1.82, 2.24) is 4.90 Å². The molecule has 0 aromatic heterocycles. The van der Waals surface area contributed by atoms with Crippen molar-refractivity contribution >= 4 is 17.9 Å². The minimum absolute atomic E-state index is 0.0153. The molecule has 2 aromatic carbocycles. The maximum atomic E-state index is 13.8. The average Bonchev–Trinajstić information content (AvgIpc) is 3.48. The van der Waals surface area contributed by atoms with Gasteiger partial charge < -0.3 is 9.47 Å². The average molecular weight is 641 g/mol. The van der Waals surface area contributed by atoms with Crippen molar-refractivity contribution in [3.63, 3.8) is 0 Å². The van der Waals surface area contributed by atoms with Crippen LogP contribution in [0.25, 0.3) is 0 Å². The van der Waals surface area contributed by atoms with Crippen LogP contribution in [0.2, 0.25) is 0 Å².